The van der Waals surface area contributed by atoms with Crippen LogP contribution in [0.4, 0.5) is 0 Å². The maximum atomic E-state index is 7.93. The van der Waals surface area contributed by atoms with Gasteiger partial charge in [-0.05, 0) is 139 Å². The molecule has 0 spiro atoms. The first kappa shape index (κ1) is 31.7. The third kappa shape index (κ3) is 4.68. The van der Waals surface area contributed by atoms with Crippen molar-refractivity contribution >= 4 is 12.6 Å². The van der Waals surface area contributed by atoms with Crippen LogP contribution in [0.2, 0.25) is 0 Å². The molecule has 240 valence electrons. The fraction of sp³-hybridized carbons (Fsp3) is 0.711. The van der Waals surface area contributed by atoms with Crippen molar-refractivity contribution in [3.05, 3.63) is 52.9 Å². The molecule has 3 N–H and O–H groups in total. The third-order valence-corrected chi connectivity index (χ3v) is 13.8. The van der Waals surface area contributed by atoms with E-state index in [4.69, 9.17) is 10.5 Å². The van der Waals surface area contributed by atoms with Gasteiger partial charge in [0.15, 0.2) is 0 Å². The van der Waals surface area contributed by atoms with Crippen molar-refractivity contribution in [2.45, 2.75) is 117 Å². The summed E-state index contributed by atoms with van der Waals surface area (Å²) in [7, 11) is 0. The van der Waals surface area contributed by atoms with E-state index < -0.39 is 0 Å². The molecule has 0 radical (unpaired) electrons. The Hall–Kier alpha value is -2.31. The van der Waals surface area contributed by atoms with Crippen molar-refractivity contribution in [2.24, 2.45) is 62.3 Å². The Morgan fingerprint density at radius 2 is 1.80 bits per heavy atom. The van der Waals surface area contributed by atoms with E-state index in [9.17, 15) is 0 Å². The van der Waals surface area contributed by atoms with E-state index in [-0.39, 0.29) is 16.5 Å². The van der Waals surface area contributed by atoms with Crippen molar-refractivity contribution in [1.82, 2.24) is 10.3 Å². The summed E-state index contributed by atoms with van der Waals surface area (Å²) in [5, 5.41) is 11.8. The molecule has 4 fully saturated rings. The molecular weight excluding hydrogens is 542 g/mol. The lowest BCUT2D eigenvalue weighted by atomic mass is 9.37. The van der Waals surface area contributed by atoms with Gasteiger partial charge in [0, 0.05) is 24.0 Å². The van der Waals surface area contributed by atoms with Crippen LogP contribution in [0.1, 0.15) is 111 Å². The van der Waals surface area contributed by atoms with E-state index >= 15 is 0 Å². The summed E-state index contributed by atoms with van der Waals surface area (Å²) in [6, 6.07) is 3.92. The van der Waals surface area contributed by atoms with Crippen LogP contribution in [0.15, 0.2) is 51.8 Å². The van der Waals surface area contributed by atoms with Crippen molar-refractivity contribution < 1.29 is 4.74 Å². The standard InChI is InChI=1S/C38H57N5O/c1-23(2)32-26(5)20-37(42-22-44-34(43-40-9)29-11-10-24(3)21-41-29)18-14-31-36(8)17-13-28-27(6)25(4)12-16-35(28,7)30(36)15-19-38(31,39)33(32)37/h10-11,21,23,25,27-28,30-31,42H,5,9,12-20,22,39H2,1-4,6-8H3/b43-34-. The number of hydrogen-bond acceptors (Lipinski definition) is 6. The van der Waals surface area contributed by atoms with Crippen molar-refractivity contribution in [1.29, 1.82) is 0 Å². The number of fused-ring (bicyclic) bond motifs is 7. The molecule has 4 saturated carbocycles. The molecule has 1 heterocycles. The number of nitrogens with two attached hydrogens (primary N) is 1. The Morgan fingerprint density at radius 3 is 2.48 bits per heavy atom. The molecule has 5 aliphatic carbocycles. The van der Waals surface area contributed by atoms with Gasteiger partial charge in [0.05, 0.1) is 0 Å². The number of nitrogens with one attached hydrogen (secondary N) is 1. The van der Waals surface area contributed by atoms with E-state index in [0.717, 1.165) is 54.9 Å². The van der Waals surface area contributed by atoms with Gasteiger partial charge in [-0.1, -0.05) is 54.2 Å². The van der Waals surface area contributed by atoms with Crippen LogP contribution in [-0.4, -0.2) is 35.4 Å². The number of rotatable bonds is 6. The first-order chi connectivity index (χ1) is 20.8. The lowest BCUT2D eigenvalue weighted by Gasteiger charge is -2.69. The summed E-state index contributed by atoms with van der Waals surface area (Å²) >= 11 is 0. The van der Waals surface area contributed by atoms with Gasteiger partial charge in [0.2, 0.25) is 0 Å². The van der Waals surface area contributed by atoms with Gasteiger partial charge in [-0.3, -0.25) is 10.3 Å². The van der Waals surface area contributed by atoms with Crippen LogP contribution >= 0.6 is 0 Å². The minimum Gasteiger partial charge on any atom is -0.459 e. The first-order valence-electron chi connectivity index (χ1n) is 17.4. The van der Waals surface area contributed by atoms with E-state index in [2.05, 4.69) is 75.3 Å². The molecular formula is C38H57N5O. The Bertz CT molecular complexity index is 1360. The summed E-state index contributed by atoms with van der Waals surface area (Å²) < 4.78 is 6.26. The molecule has 0 aromatic carbocycles. The second kappa shape index (κ2) is 11.2. The maximum Gasteiger partial charge on any atom is 0.260 e. The lowest BCUT2D eigenvalue weighted by Crippen LogP contribution is -2.71. The van der Waals surface area contributed by atoms with Gasteiger partial charge in [-0.25, -0.2) is 0 Å². The average Bonchev–Trinajstić information content (AvgIpc) is 3.28. The summed E-state index contributed by atoms with van der Waals surface area (Å²) in [5.74, 6) is 4.48. The molecule has 0 amide bonds. The zero-order valence-electron chi connectivity index (χ0n) is 28.5. The largest absolute Gasteiger partial charge is 0.459 e. The number of nitrogens with zero attached hydrogens (tertiary/aromatic N) is 3. The number of pyridine rings is 1. The van der Waals surface area contributed by atoms with Crippen molar-refractivity contribution in [3.8, 4) is 0 Å². The zero-order valence-corrected chi connectivity index (χ0v) is 28.5. The molecule has 5 aliphatic rings. The Balaban J connectivity index is 1.32. The van der Waals surface area contributed by atoms with Gasteiger partial charge in [0.1, 0.15) is 12.4 Å². The number of aromatic nitrogens is 1. The van der Waals surface area contributed by atoms with Gasteiger partial charge >= 0.3 is 0 Å². The van der Waals surface area contributed by atoms with Crippen LogP contribution < -0.4 is 11.1 Å². The first-order valence-corrected chi connectivity index (χ1v) is 17.4. The normalized spacial score (nSPS) is 42.0. The molecule has 6 heteroatoms. The second-order valence-corrected chi connectivity index (χ2v) is 16.3. The molecule has 6 nitrogen and oxygen atoms in total. The molecule has 0 saturated heterocycles. The average molecular weight is 600 g/mol. The third-order valence-electron chi connectivity index (χ3n) is 13.8. The van der Waals surface area contributed by atoms with Crippen molar-refractivity contribution in [3.63, 3.8) is 0 Å². The van der Waals surface area contributed by atoms with Crippen LogP contribution in [0.25, 0.3) is 0 Å². The highest BCUT2D eigenvalue weighted by Crippen LogP contribution is 2.71. The van der Waals surface area contributed by atoms with E-state index in [0.29, 0.717) is 35.6 Å². The number of ether oxygens (including phenoxy) is 1. The van der Waals surface area contributed by atoms with E-state index in [1.165, 1.54) is 48.8 Å². The SMILES string of the molecule is C=N/N=C(\OCNC12CCC3C(N)(CCC4C5(C)CCC(C)C(C)C5CCC34C)C1=C(C(C)C)C(=C)C2)c1ccc(C)cn1. The molecule has 9 unspecified atom stereocenters. The van der Waals surface area contributed by atoms with E-state index in [1.807, 2.05) is 25.3 Å². The highest BCUT2D eigenvalue weighted by Gasteiger charge is 2.68. The second-order valence-electron chi connectivity index (χ2n) is 16.3. The number of allylic oxidation sites excluding steroid dienone is 1. The smallest absolute Gasteiger partial charge is 0.260 e. The molecule has 1 aromatic heterocycles. The maximum absolute atomic E-state index is 7.93. The van der Waals surface area contributed by atoms with E-state index in [1.54, 1.807) is 0 Å². The highest BCUT2D eigenvalue weighted by molar-refractivity contribution is 5.92. The Morgan fingerprint density at radius 1 is 1.07 bits per heavy atom. The molecule has 1 aromatic rings. The summed E-state index contributed by atoms with van der Waals surface area (Å²) in [6.07, 6.45) is 12.6. The van der Waals surface area contributed by atoms with Crippen LogP contribution in [0, 0.1) is 53.3 Å². The predicted molar refractivity (Wildman–Crippen MR) is 181 cm³/mol. The Kier molecular flexibility index (Phi) is 8.05. The Labute approximate surface area is 266 Å². The molecule has 9 atom stereocenters. The topological polar surface area (TPSA) is 84.9 Å². The van der Waals surface area contributed by atoms with Crippen LogP contribution in [-0.2, 0) is 4.74 Å². The van der Waals surface area contributed by atoms with Gasteiger partial charge in [-0.15, -0.1) is 5.10 Å². The molecule has 44 heavy (non-hydrogen) atoms. The number of aryl methyl sites for hydroxylation is 1. The number of hydrogen-bond donors (Lipinski definition) is 2. The minimum absolute atomic E-state index is 0.256. The molecule has 6 rings (SSSR count). The highest BCUT2D eigenvalue weighted by atomic mass is 16.5. The van der Waals surface area contributed by atoms with Gasteiger partial charge < -0.3 is 10.5 Å². The minimum atomic E-state index is -0.343. The summed E-state index contributed by atoms with van der Waals surface area (Å²) in [6.45, 7) is 25.5. The monoisotopic (exact) mass is 599 g/mol. The van der Waals surface area contributed by atoms with Crippen LogP contribution in [0.5, 0.6) is 0 Å². The molecule has 0 bridgehead atoms. The quantitative estimate of drug-likeness (QED) is 0.150. The summed E-state index contributed by atoms with van der Waals surface area (Å²) in [5.41, 5.74) is 13.8. The zero-order chi connectivity index (χ0) is 31.7. The fourth-order valence-electron chi connectivity index (χ4n) is 11.8. The molecule has 0 aliphatic heterocycles. The fourth-order valence-corrected chi connectivity index (χ4v) is 11.8. The van der Waals surface area contributed by atoms with Crippen LogP contribution in [0.3, 0.4) is 0 Å². The summed E-state index contributed by atoms with van der Waals surface area (Å²) in [4.78, 5) is 4.51. The van der Waals surface area contributed by atoms with Gasteiger partial charge in [-0.2, -0.15) is 5.10 Å². The lowest BCUT2D eigenvalue weighted by molar-refractivity contribution is -0.172. The van der Waals surface area contributed by atoms with Gasteiger partial charge in [0.25, 0.3) is 5.90 Å². The predicted octanol–water partition coefficient (Wildman–Crippen LogP) is 7.97. The van der Waals surface area contributed by atoms with Crippen molar-refractivity contribution in [2.75, 3.05) is 6.73 Å².